The van der Waals surface area contributed by atoms with Crippen LogP contribution >= 0.6 is 11.8 Å². The summed E-state index contributed by atoms with van der Waals surface area (Å²) in [7, 11) is 1.61. The van der Waals surface area contributed by atoms with Crippen LogP contribution in [0.4, 0.5) is 10.1 Å². The van der Waals surface area contributed by atoms with E-state index in [0.29, 0.717) is 29.7 Å². The van der Waals surface area contributed by atoms with E-state index >= 15 is 0 Å². The Balaban J connectivity index is 1.25. The summed E-state index contributed by atoms with van der Waals surface area (Å²) in [6.07, 6.45) is 0.472. The molecule has 2 aliphatic rings. The Hall–Kier alpha value is -3.98. The molecule has 0 saturated carbocycles. The van der Waals surface area contributed by atoms with Crippen molar-refractivity contribution in [3.05, 3.63) is 95.3 Å². The number of nitrogens with zero attached hydrogens (tertiary/aromatic N) is 3. The number of ether oxygens (including phenoxy) is 1. The van der Waals surface area contributed by atoms with Crippen molar-refractivity contribution in [3.8, 4) is 5.75 Å². The summed E-state index contributed by atoms with van der Waals surface area (Å²) < 4.78 is 18.4. The van der Waals surface area contributed by atoms with Gasteiger partial charge in [-0.3, -0.25) is 14.6 Å². The number of hydrogen-bond donors (Lipinski definition) is 1. The summed E-state index contributed by atoms with van der Waals surface area (Å²) in [5.41, 5.74) is 3.40. The Bertz CT molecular complexity index is 1370. The highest BCUT2D eigenvalue weighted by Gasteiger charge is 2.41. The molecule has 0 aliphatic carbocycles. The van der Waals surface area contributed by atoms with Gasteiger partial charge in [0.05, 0.1) is 12.8 Å². The molecular weight excluding hydrogens is 491 g/mol. The van der Waals surface area contributed by atoms with E-state index in [1.807, 2.05) is 48.5 Å². The first-order valence-corrected chi connectivity index (χ1v) is 12.9. The molecule has 0 unspecified atom stereocenters. The van der Waals surface area contributed by atoms with E-state index in [2.05, 4.69) is 5.32 Å². The van der Waals surface area contributed by atoms with Gasteiger partial charge in [-0.05, 0) is 53.9 Å². The van der Waals surface area contributed by atoms with Gasteiger partial charge < -0.3 is 10.1 Å². The fraction of sp³-hybridized carbons (Fsp3) is 0.214. The third kappa shape index (κ3) is 5.56. The van der Waals surface area contributed by atoms with Crippen molar-refractivity contribution in [3.63, 3.8) is 0 Å². The Labute approximate surface area is 218 Å². The number of methoxy groups -OCH3 is 1. The van der Waals surface area contributed by atoms with Crippen LogP contribution in [-0.2, 0) is 21.9 Å². The average Bonchev–Trinajstić information content (AvgIpc) is 3.27. The lowest BCUT2D eigenvalue weighted by Crippen LogP contribution is -2.41. The fourth-order valence-corrected chi connectivity index (χ4v) is 5.07. The first kappa shape index (κ1) is 24.7. The molecular formula is C28H25FN4O3S. The number of aliphatic imine (C=N–C) groups is 2. The molecule has 0 saturated heterocycles. The number of carbonyl (C=O) groups excluding carboxylic acids is 2. The molecule has 0 radical (unpaired) electrons. The van der Waals surface area contributed by atoms with Crippen LogP contribution in [-0.4, -0.2) is 40.9 Å². The predicted octanol–water partition coefficient (Wildman–Crippen LogP) is 4.82. The third-order valence-corrected chi connectivity index (χ3v) is 7.13. The van der Waals surface area contributed by atoms with E-state index in [9.17, 15) is 14.0 Å². The van der Waals surface area contributed by atoms with Crippen molar-refractivity contribution >= 4 is 40.3 Å². The molecule has 188 valence electrons. The summed E-state index contributed by atoms with van der Waals surface area (Å²) in [5.74, 6) is 1.20. The van der Waals surface area contributed by atoms with Gasteiger partial charge in [-0.25, -0.2) is 14.3 Å². The summed E-state index contributed by atoms with van der Waals surface area (Å²) in [6.45, 7) is 0.395. The molecule has 1 atom stereocenters. The summed E-state index contributed by atoms with van der Waals surface area (Å²) in [6, 6.07) is 20.6. The molecule has 2 aliphatic heterocycles. The lowest BCUT2D eigenvalue weighted by atomic mass is 10.1. The summed E-state index contributed by atoms with van der Waals surface area (Å²) in [5, 5.41) is 3.42. The predicted molar refractivity (Wildman–Crippen MR) is 142 cm³/mol. The van der Waals surface area contributed by atoms with Gasteiger partial charge in [-0.2, -0.15) is 0 Å². The van der Waals surface area contributed by atoms with Gasteiger partial charge in [0.15, 0.2) is 5.17 Å². The van der Waals surface area contributed by atoms with Crippen LogP contribution in [0, 0.1) is 5.82 Å². The van der Waals surface area contributed by atoms with Gasteiger partial charge in [0.2, 0.25) is 5.91 Å². The molecule has 2 heterocycles. The van der Waals surface area contributed by atoms with Crippen LogP contribution < -0.4 is 10.1 Å². The lowest BCUT2D eigenvalue weighted by molar-refractivity contribution is -0.125. The van der Waals surface area contributed by atoms with Gasteiger partial charge in [0.1, 0.15) is 23.4 Å². The number of halogens is 1. The molecule has 3 aromatic carbocycles. The number of benzene rings is 3. The normalized spacial score (nSPS) is 16.0. The number of rotatable bonds is 8. The number of fused-ring (bicyclic) bond motifs is 3. The van der Waals surface area contributed by atoms with Crippen LogP contribution in [0.1, 0.15) is 29.5 Å². The zero-order valence-electron chi connectivity index (χ0n) is 20.2. The minimum absolute atomic E-state index is 0.145. The second-order valence-electron chi connectivity index (χ2n) is 8.63. The number of hydrogen-bond acceptors (Lipinski definition) is 6. The summed E-state index contributed by atoms with van der Waals surface area (Å²) in [4.78, 5) is 36.9. The van der Waals surface area contributed by atoms with Crippen LogP contribution in [0.2, 0.25) is 0 Å². The molecule has 3 aromatic rings. The monoisotopic (exact) mass is 516 g/mol. The van der Waals surface area contributed by atoms with Crippen molar-refractivity contribution in [2.24, 2.45) is 9.98 Å². The largest absolute Gasteiger partial charge is 0.497 e. The van der Waals surface area contributed by atoms with Crippen LogP contribution in [0.25, 0.3) is 0 Å². The van der Waals surface area contributed by atoms with E-state index in [1.54, 1.807) is 24.1 Å². The standard InChI is InChI=1S/C28H25FN4O3S/c1-36-21-12-8-18(9-13-21)16-30-25(34)15-14-24-27(35)33-26(31-24)22-4-2-3-5-23(22)32-28(33)37-17-19-6-10-20(29)11-7-19/h2-13,24H,14-17H2,1H3,(H,30,34)/t24-/m0/s1. The first-order chi connectivity index (χ1) is 18.0. The Morgan fingerprint density at radius 2 is 1.78 bits per heavy atom. The van der Waals surface area contributed by atoms with Gasteiger partial charge >= 0.3 is 0 Å². The number of carbonyl (C=O) groups is 2. The third-order valence-electron chi connectivity index (χ3n) is 6.12. The molecule has 7 nitrogen and oxygen atoms in total. The summed E-state index contributed by atoms with van der Waals surface area (Å²) >= 11 is 1.40. The number of amides is 2. The molecule has 0 aromatic heterocycles. The minimum Gasteiger partial charge on any atom is -0.497 e. The molecule has 5 rings (SSSR count). The molecule has 1 N–H and O–H groups in total. The lowest BCUT2D eigenvalue weighted by Gasteiger charge is -2.25. The van der Waals surface area contributed by atoms with Crippen molar-refractivity contribution in [2.45, 2.75) is 31.2 Å². The average molecular weight is 517 g/mol. The molecule has 0 spiro atoms. The second kappa shape index (κ2) is 11.0. The molecule has 9 heteroatoms. The number of thioether (sulfide) groups is 1. The highest BCUT2D eigenvalue weighted by molar-refractivity contribution is 8.13. The quantitative estimate of drug-likeness (QED) is 0.465. The Morgan fingerprint density at radius 1 is 1.05 bits per heavy atom. The SMILES string of the molecule is COc1ccc(CNC(=O)CC[C@@H]2N=C3c4ccccc4N=C(SCc4ccc(F)cc4)N3C2=O)cc1. The molecule has 0 bridgehead atoms. The smallest absolute Gasteiger partial charge is 0.259 e. The van der Waals surface area contributed by atoms with Crippen molar-refractivity contribution in [1.82, 2.24) is 10.2 Å². The Morgan fingerprint density at radius 3 is 2.54 bits per heavy atom. The van der Waals surface area contributed by atoms with Crippen molar-refractivity contribution in [1.29, 1.82) is 0 Å². The van der Waals surface area contributed by atoms with Crippen LogP contribution in [0.5, 0.6) is 5.75 Å². The zero-order valence-corrected chi connectivity index (χ0v) is 21.0. The molecule has 37 heavy (non-hydrogen) atoms. The van der Waals surface area contributed by atoms with Crippen LogP contribution in [0.3, 0.4) is 0 Å². The van der Waals surface area contributed by atoms with Gasteiger partial charge in [-0.15, -0.1) is 0 Å². The first-order valence-electron chi connectivity index (χ1n) is 11.9. The molecule has 2 amide bonds. The van der Waals surface area contributed by atoms with E-state index in [1.165, 1.54) is 23.9 Å². The zero-order chi connectivity index (χ0) is 25.8. The maximum atomic E-state index is 13.4. The maximum Gasteiger partial charge on any atom is 0.259 e. The second-order valence-corrected chi connectivity index (χ2v) is 9.57. The topological polar surface area (TPSA) is 83.4 Å². The van der Waals surface area contributed by atoms with Crippen molar-refractivity contribution < 1.29 is 18.7 Å². The highest BCUT2D eigenvalue weighted by atomic mass is 32.2. The molecule has 0 fully saturated rings. The van der Waals surface area contributed by atoms with Gasteiger partial charge in [0, 0.05) is 24.3 Å². The van der Waals surface area contributed by atoms with Gasteiger partial charge in [-0.1, -0.05) is 48.2 Å². The van der Waals surface area contributed by atoms with E-state index < -0.39 is 6.04 Å². The number of nitrogens with one attached hydrogen (secondary N) is 1. The fourth-order valence-electron chi connectivity index (χ4n) is 4.12. The Kier molecular flexibility index (Phi) is 7.32. The minimum atomic E-state index is -0.662. The van der Waals surface area contributed by atoms with E-state index in [4.69, 9.17) is 14.7 Å². The van der Waals surface area contributed by atoms with Gasteiger partial charge in [0.25, 0.3) is 5.91 Å². The van der Waals surface area contributed by atoms with Crippen LogP contribution in [0.15, 0.2) is 82.8 Å². The van der Waals surface area contributed by atoms with E-state index in [0.717, 1.165) is 28.1 Å². The number of amidine groups is 2. The maximum absolute atomic E-state index is 13.4. The highest BCUT2D eigenvalue weighted by Crippen LogP contribution is 2.35. The number of para-hydroxylation sites is 1. The van der Waals surface area contributed by atoms with Crippen molar-refractivity contribution in [2.75, 3.05) is 7.11 Å². The van der Waals surface area contributed by atoms with E-state index in [-0.39, 0.29) is 24.1 Å².